The predicted molar refractivity (Wildman–Crippen MR) is 147 cm³/mol. The fraction of sp³-hybridized carbons (Fsp3) is 0.370. The van der Waals surface area contributed by atoms with Crippen molar-refractivity contribution in [2.75, 3.05) is 18.1 Å². The molecule has 2 aromatic carbocycles. The van der Waals surface area contributed by atoms with Gasteiger partial charge in [0.15, 0.2) is 5.69 Å². The minimum absolute atomic E-state index is 0.116. The number of benzene rings is 2. The maximum atomic E-state index is 13.5. The van der Waals surface area contributed by atoms with Crippen molar-refractivity contribution >= 4 is 21.9 Å². The lowest BCUT2D eigenvalue weighted by molar-refractivity contribution is -0.178. The number of sulfonamides is 1. The van der Waals surface area contributed by atoms with E-state index in [9.17, 15) is 31.2 Å². The quantitative estimate of drug-likeness (QED) is 0.216. The first-order valence-electron chi connectivity index (χ1n) is 13.5. The number of halogens is 3. The van der Waals surface area contributed by atoms with Gasteiger partial charge in [-0.3, -0.25) is 14.6 Å². The molecule has 0 spiro atoms. The third kappa shape index (κ3) is 6.93. The average Bonchev–Trinajstić information content (AvgIpc) is 3.56. The molecule has 0 radical (unpaired) electrons. The summed E-state index contributed by atoms with van der Waals surface area (Å²) in [6, 6.07) is 12.8. The average molecular weight is 639 g/mol. The maximum Gasteiger partial charge on any atom is 0.435 e. The molecule has 2 aromatic heterocycles. The molecule has 5 rings (SSSR count). The van der Waals surface area contributed by atoms with E-state index in [1.54, 1.807) is 29.3 Å². The Morgan fingerprint density at radius 3 is 2.43 bits per heavy atom. The van der Waals surface area contributed by atoms with E-state index in [1.807, 2.05) is 6.92 Å². The van der Waals surface area contributed by atoms with Crippen molar-refractivity contribution in [3.05, 3.63) is 65.9 Å². The molecule has 1 aliphatic rings. The molecule has 1 aliphatic heterocycles. The number of piperidine rings is 1. The molecule has 1 saturated heterocycles. The number of esters is 1. The van der Waals surface area contributed by atoms with Crippen LogP contribution in [0.2, 0.25) is 0 Å². The number of alkyl halides is 3. The highest BCUT2D eigenvalue weighted by Gasteiger charge is 2.36. The van der Waals surface area contributed by atoms with Crippen molar-refractivity contribution in [3.63, 3.8) is 0 Å². The van der Waals surface area contributed by atoms with Crippen molar-refractivity contribution in [2.45, 2.75) is 51.0 Å². The van der Waals surface area contributed by atoms with Gasteiger partial charge in [0.2, 0.25) is 5.91 Å². The van der Waals surface area contributed by atoms with Crippen LogP contribution in [-0.2, 0) is 30.5 Å². The Morgan fingerprint density at radius 2 is 1.80 bits per heavy atom. The van der Waals surface area contributed by atoms with E-state index in [0.29, 0.717) is 24.9 Å². The highest BCUT2D eigenvalue weighted by molar-refractivity contribution is 7.90. The van der Waals surface area contributed by atoms with Crippen molar-refractivity contribution in [2.24, 2.45) is 5.92 Å². The standard InChI is InChI=1S/C27H29F3N6O7S/c1-17-6-8-20(9-7-17)24-15-25(27(28,29)30)31-34(24)22-10-12-23(13-11-22)44(39,40)32-26(38)21-5-4-14-33(16-21)35-36(43-35)42-19(3)41-18(2)37/h6-13,15,19,21H,4-5,14,16H2,1-3H3,(H,32,38). The molecule has 1 N–H and O–H groups in total. The van der Waals surface area contributed by atoms with Gasteiger partial charge in [0.1, 0.15) is 5.02 Å². The lowest BCUT2D eigenvalue weighted by Crippen LogP contribution is -2.48. The van der Waals surface area contributed by atoms with Crippen LogP contribution in [0.1, 0.15) is 37.9 Å². The van der Waals surface area contributed by atoms with Crippen LogP contribution in [0, 0.1) is 12.8 Å². The molecule has 0 aliphatic carbocycles. The molecule has 236 valence electrons. The molecule has 2 unspecified atom stereocenters. The maximum absolute atomic E-state index is 13.5. The van der Waals surface area contributed by atoms with Crippen LogP contribution >= 0.6 is 0 Å². The number of aryl methyl sites for hydroxylation is 1. The molecular formula is C27H29F3N6O7S. The van der Waals surface area contributed by atoms with Crippen molar-refractivity contribution < 1.29 is 45.4 Å². The van der Waals surface area contributed by atoms with Gasteiger partial charge in [-0.25, -0.2) is 17.8 Å². The number of rotatable bonds is 9. The van der Waals surface area contributed by atoms with Gasteiger partial charge in [-0.2, -0.15) is 22.9 Å². The molecule has 44 heavy (non-hydrogen) atoms. The van der Waals surface area contributed by atoms with Gasteiger partial charge < -0.3 is 9.57 Å². The zero-order valence-electron chi connectivity index (χ0n) is 23.8. The van der Waals surface area contributed by atoms with Crippen LogP contribution in [-0.4, -0.2) is 59.4 Å². The first-order chi connectivity index (χ1) is 20.7. The number of ether oxygens (including phenoxy) is 1. The van der Waals surface area contributed by atoms with Crippen LogP contribution in [0.15, 0.2) is 64.1 Å². The van der Waals surface area contributed by atoms with Crippen LogP contribution in [0.3, 0.4) is 0 Å². The summed E-state index contributed by atoms with van der Waals surface area (Å²) in [5.74, 6) is -1.98. The van der Waals surface area contributed by atoms with Gasteiger partial charge in [0.05, 0.1) is 28.7 Å². The first-order valence-corrected chi connectivity index (χ1v) is 15.0. The third-order valence-corrected chi connectivity index (χ3v) is 8.18. The highest BCUT2D eigenvalue weighted by Crippen LogP contribution is 2.33. The second-order valence-corrected chi connectivity index (χ2v) is 11.9. The summed E-state index contributed by atoms with van der Waals surface area (Å²) in [7, 11) is -4.31. The Kier molecular flexibility index (Phi) is 8.24. The summed E-state index contributed by atoms with van der Waals surface area (Å²) in [5, 5.41) is 6.32. The molecule has 3 heterocycles. The topological polar surface area (TPSA) is 143 Å². The fourth-order valence-electron chi connectivity index (χ4n) is 4.66. The second-order valence-electron chi connectivity index (χ2n) is 10.3. The van der Waals surface area contributed by atoms with E-state index >= 15 is 0 Å². The zero-order chi connectivity index (χ0) is 31.8. The Labute approximate surface area is 249 Å². The number of carbonyl (C=O) groups is 2. The summed E-state index contributed by atoms with van der Waals surface area (Å²) < 4.78 is 79.9. The van der Waals surface area contributed by atoms with Crippen LogP contribution in [0.4, 0.5) is 13.2 Å². The predicted octanol–water partition coefficient (Wildman–Crippen LogP) is 3.25. The second kappa shape index (κ2) is 11.8. The van der Waals surface area contributed by atoms with E-state index in [1.165, 1.54) is 43.1 Å². The van der Waals surface area contributed by atoms with Gasteiger partial charge in [0.25, 0.3) is 16.3 Å². The zero-order valence-corrected chi connectivity index (χ0v) is 24.6. The molecule has 0 saturated carbocycles. The fourth-order valence-corrected chi connectivity index (χ4v) is 5.70. The van der Waals surface area contributed by atoms with Gasteiger partial charge >= 0.3 is 12.1 Å². The Bertz CT molecular complexity index is 1740. The summed E-state index contributed by atoms with van der Waals surface area (Å²) in [6.45, 7) is 5.18. The minimum atomic E-state index is -4.69. The van der Waals surface area contributed by atoms with Crippen LogP contribution in [0.5, 0.6) is 0 Å². The third-order valence-electron chi connectivity index (χ3n) is 6.81. The smallest absolute Gasteiger partial charge is 0.423 e. The number of nitrogens with zero attached hydrogens (tertiary/aromatic N) is 5. The van der Waals surface area contributed by atoms with E-state index in [2.05, 4.69) is 9.82 Å². The number of carbonyl (C=O) groups excluding carboxylic acids is 2. The Balaban J connectivity index is 1.28. The lowest BCUT2D eigenvalue weighted by Gasteiger charge is -2.28. The van der Waals surface area contributed by atoms with E-state index < -0.39 is 46.0 Å². The van der Waals surface area contributed by atoms with E-state index in [0.717, 1.165) is 21.3 Å². The van der Waals surface area contributed by atoms with E-state index in [4.69, 9.17) is 14.2 Å². The summed E-state index contributed by atoms with van der Waals surface area (Å²) in [6.07, 6.45) is -4.65. The van der Waals surface area contributed by atoms with E-state index in [-0.39, 0.29) is 22.8 Å². The monoisotopic (exact) mass is 638 g/mol. The van der Waals surface area contributed by atoms with Gasteiger partial charge in [-0.15, -0.1) is 0 Å². The Hall–Kier alpha value is -4.67. The molecule has 1 fully saturated rings. The SMILES string of the molecule is CC(=O)OC(C)On1on1N1CCCC(C(=O)NS(=O)(=O)c2ccc(-n3nc(C(F)(F)F)cc3-c3ccc(C)cc3)cc2)C1. The number of hydrogen-bond acceptors (Lipinski definition) is 9. The number of hydrogen-bond donors (Lipinski definition) is 1. The Morgan fingerprint density at radius 1 is 1.11 bits per heavy atom. The molecular weight excluding hydrogens is 609 g/mol. The van der Waals surface area contributed by atoms with Gasteiger partial charge in [-0.1, -0.05) is 29.8 Å². The largest absolute Gasteiger partial charge is 0.435 e. The molecule has 13 nitrogen and oxygen atoms in total. The summed E-state index contributed by atoms with van der Waals surface area (Å²) in [5.41, 5.74) is 0.681. The molecule has 17 heteroatoms. The number of nitrogens with one attached hydrogen (secondary N) is 1. The lowest BCUT2D eigenvalue weighted by atomic mass is 9.99. The molecule has 2 atom stereocenters. The van der Waals surface area contributed by atoms with Crippen LogP contribution in [0.25, 0.3) is 16.9 Å². The molecule has 0 bridgehead atoms. The number of aromatic nitrogens is 4. The normalized spacial score (nSPS) is 16.5. The first kappa shape index (κ1) is 30.8. The highest BCUT2D eigenvalue weighted by atomic mass is 32.2. The van der Waals surface area contributed by atoms with Gasteiger partial charge in [0, 0.05) is 30.9 Å². The number of amides is 1. The summed E-state index contributed by atoms with van der Waals surface area (Å²) in [4.78, 5) is 30.2. The molecule has 4 aromatic rings. The van der Waals surface area contributed by atoms with Crippen molar-refractivity contribution in [3.8, 4) is 16.9 Å². The van der Waals surface area contributed by atoms with Crippen LogP contribution < -0.4 is 14.6 Å². The van der Waals surface area contributed by atoms with Crippen molar-refractivity contribution in [1.82, 2.24) is 24.5 Å². The molecule has 1 amide bonds. The van der Waals surface area contributed by atoms with Crippen molar-refractivity contribution in [1.29, 1.82) is 0 Å². The summed E-state index contributed by atoms with van der Waals surface area (Å²) >= 11 is 0. The van der Waals surface area contributed by atoms with Gasteiger partial charge in [-0.05, 0) is 50.1 Å². The minimum Gasteiger partial charge on any atom is -0.423 e.